The maximum atomic E-state index is 12.8. The molecule has 0 aliphatic carbocycles. The van der Waals surface area contributed by atoms with Gasteiger partial charge < -0.3 is 0 Å². The van der Waals surface area contributed by atoms with E-state index in [1.807, 2.05) is 18.7 Å². The van der Waals surface area contributed by atoms with E-state index in [0.717, 1.165) is 11.3 Å². The van der Waals surface area contributed by atoms with Crippen molar-refractivity contribution in [1.29, 1.82) is 0 Å². The van der Waals surface area contributed by atoms with Crippen LogP contribution in [0.2, 0.25) is 0 Å². The summed E-state index contributed by atoms with van der Waals surface area (Å²) >= 11 is 10.9. The molecule has 3 nitrogen and oxygen atoms in total. The van der Waals surface area contributed by atoms with Crippen molar-refractivity contribution in [1.82, 2.24) is 4.31 Å². The van der Waals surface area contributed by atoms with E-state index in [4.69, 9.17) is 11.6 Å². The van der Waals surface area contributed by atoms with Gasteiger partial charge in [0, 0.05) is 33.9 Å². The molecule has 1 fully saturated rings. The van der Waals surface area contributed by atoms with Gasteiger partial charge in [-0.15, -0.1) is 11.6 Å². The number of alkyl halides is 1. The average Bonchev–Trinajstić information content (AvgIpc) is 2.41. The zero-order chi connectivity index (χ0) is 14.9. The van der Waals surface area contributed by atoms with Gasteiger partial charge in [-0.05, 0) is 40.5 Å². The lowest BCUT2D eigenvalue weighted by Crippen LogP contribution is -2.47. The van der Waals surface area contributed by atoms with Crippen LogP contribution < -0.4 is 0 Å². The Labute approximate surface area is 138 Å². The minimum Gasteiger partial charge on any atom is -0.207 e. The summed E-state index contributed by atoms with van der Waals surface area (Å²) in [4.78, 5) is 0.317. The summed E-state index contributed by atoms with van der Waals surface area (Å²) in [5.74, 6) is 1.20. The Hall–Kier alpha value is 0.250. The largest absolute Gasteiger partial charge is 0.244 e. The third kappa shape index (κ3) is 3.19. The highest BCUT2D eigenvalue weighted by Crippen LogP contribution is 2.32. The van der Waals surface area contributed by atoms with E-state index in [9.17, 15) is 8.42 Å². The van der Waals surface area contributed by atoms with Crippen LogP contribution >= 0.6 is 39.3 Å². The van der Waals surface area contributed by atoms with Gasteiger partial charge in [0.15, 0.2) is 0 Å². The normalized spacial score (nSPS) is 24.8. The Bertz CT molecular complexity index is 594. The van der Waals surface area contributed by atoms with E-state index in [-0.39, 0.29) is 6.04 Å². The van der Waals surface area contributed by atoms with Gasteiger partial charge in [0.2, 0.25) is 10.0 Å². The van der Waals surface area contributed by atoms with Crippen LogP contribution in [0.3, 0.4) is 0 Å². The second kappa shape index (κ2) is 6.57. The lowest BCUT2D eigenvalue weighted by Gasteiger charge is -2.36. The van der Waals surface area contributed by atoms with Gasteiger partial charge in [0.05, 0.1) is 4.90 Å². The van der Waals surface area contributed by atoms with Crippen LogP contribution in [-0.4, -0.2) is 36.3 Å². The molecule has 0 saturated carbocycles. The molecule has 0 amide bonds. The first-order valence-electron chi connectivity index (χ1n) is 6.35. The topological polar surface area (TPSA) is 37.4 Å². The number of sulfonamides is 1. The van der Waals surface area contributed by atoms with Crippen molar-refractivity contribution < 1.29 is 8.42 Å². The second-order valence-electron chi connectivity index (χ2n) is 4.83. The monoisotopic (exact) mass is 397 g/mol. The van der Waals surface area contributed by atoms with Gasteiger partial charge in [-0.1, -0.05) is 13.0 Å². The first kappa shape index (κ1) is 16.6. The molecule has 0 bridgehead atoms. The highest BCUT2D eigenvalue weighted by Gasteiger charge is 2.35. The molecule has 2 atom stereocenters. The number of hydrogen-bond acceptors (Lipinski definition) is 3. The molecule has 7 heteroatoms. The van der Waals surface area contributed by atoms with Crippen LogP contribution in [0.4, 0.5) is 0 Å². The maximum Gasteiger partial charge on any atom is 0.244 e. The molecule has 0 aromatic heterocycles. The number of rotatable bonds is 3. The van der Waals surface area contributed by atoms with Crippen molar-refractivity contribution in [2.24, 2.45) is 0 Å². The van der Waals surface area contributed by atoms with Gasteiger partial charge in [0.25, 0.3) is 0 Å². The zero-order valence-corrected chi connectivity index (χ0v) is 15.3. The van der Waals surface area contributed by atoms with Crippen molar-refractivity contribution in [3.8, 4) is 0 Å². The molecule has 1 saturated heterocycles. The zero-order valence-electron chi connectivity index (χ0n) is 11.3. The quantitative estimate of drug-likeness (QED) is 0.729. The van der Waals surface area contributed by atoms with E-state index >= 15 is 0 Å². The van der Waals surface area contributed by atoms with Crippen LogP contribution in [0.5, 0.6) is 0 Å². The Kier molecular flexibility index (Phi) is 5.46. The summed E-state index contributed by atoms with van der Waals surface area (Å²) in [6.07, 6.45) is 0. The molecule has 1 aliphatic heterocycles. The lowest BCUT2D eigenvalue weighted by molar-refractivity contribution is 0.340. The standard InChI is InChI=1S/C13H17BrClNO2S2/c1-9-10(2)19-6-5-16(9)20(17,18)13-4-3-11(8-15)7-12(13)14/h3-4,7,9-10H,5-6,8H2,1-2H3. The van der Waals surface area contributed by atoms with Crippen LogP contribution in [0.25, 0.3) is 0 Å². The molecule has 112 valence electrons. The fourth-order valence-corrected chi connectivity index (χ4v) is 6.46. The van der Waals surface area contributed by atoms with E-state index in [1.165, 1.54) is 0 Å². The molecule has 1 aromatic rings. The number of halogens is 2. The summed E-state index contributed by atoms with van der Waals surface area (Å²) in [5.41, 5.74) is 0.896. The third-order valence-corrected chi connectivity index (χ3v) is 8.17. The molecular weight excluding hydrogens is 382 g/mol. The Morgan fingerprint density at radius 3 is 2.75 bits per heavy atom. The second-order valence-corrected chi connectivity index (χ2v) is 9.30. The Morgan fingerprint density at radius 2 is 2.15 bits per heavy atom. The molecule has 0 N–H and O–H groups in total. The summed E-state index contributed by atoms with van der Waals surface area (Å²) in [7, 11) is -3.47. The van der Waals surface area contributed by atoms with Crippen molar-refractivity contribution >= 4 is 49.3 Å². The van der Waals surface area contributed by atoms with Crippen molar-refractivity contribution in [3.63, 3.8) is 0 Å². The highest BCUT2D eigenvalue weighted by atomic mass is 79.9. The minimum absolute atomic E-state index is 0.00152. The van der Waals surface area contributed by atoms with Crippen LogP contribution in [0.1, 0.15) is 19.4 Å². The minimum atomic E-state index is -3.47. The van der Waals surface area contributed by atoms with Gasteiger partial charge in [0.1, 0.15) is 0 Å². The van der Waals surface area contributed by atoms with E-state index in [2.05, 4.69) is 22.9 Å². The SMILES string of the molecule is CC1SCCN(S(=O)(=O)c2ccc(CCl)cc2Br)C1C. The summed E-state index contributed by atoms with van der Waals surface area (Å²) in [6.45, 7) is 4.60. The fourth-order valence-electron chi connectivity index (χ4n) is 2.21. The van der Waals surface area contributed by atoms with Crippen LogP contribution in [-0.2, 0) is 15.9 Å². The van der Waals surface area contributed by atoms with Crippen molar-refractivity contribution in [2.45, 2.75) is 35.9 Å². The number of hydrogen-bond donors (Lipinski definition) is 0. The van der Waals surface area contributed by atoms with E-state index in [1.54, 1.807) is 22.5 Å². The maximum absolute atomic E-state index is 12.8. The smallest absolute Gasteiger partial charge is 0.207 e. The molecule has 0 radical (unpaired) electrons. The molecule has 0 spiro atoms. The molecular formula is C13H17BrClNO2S2. The predicted molar refractivity (Wildman–Crippen MR) is 89.0 cm³/mol. The number of nitrogens with zero attached hydrogens (tertiary/aromatic N) is 1. The molecule has 1 aliphatic rings. The average molecular weight is 399 g/mol. The Morgan fingerprint density at radius 1 is 1.45 bits per heavy atom. The first-order chi connectivity index (χ1) is 9.37. The summed E-state index contributed by atoms with van der Waals surface area (Å²) in [6, 6.07) is 5.17. The van der Waals surface area contributed by atoms with Crippen molar-refractivity contribution in [3.05, 3.63) is 28.2 Å². The molecule has 1 heterocycles. The van der Waals surface area contributed by atoms with E-state index in [0.29, 0.717) is 27.0 Å². The van der Waals surface area contributed by atoms with Gasteiger partial charge in [-0.3, -0.25) is 0 Å². The predicted octanol–water partition coefficient (Wildman–Crippen LogP) is 3.70. The highest BCUT2D eigenvalue weighted by molar-refractivity contribution is 9.10. The summed E-state index contributed by atoms with van der Waals surface area (Å²) in [5, 5.41) is 0.305. The Balaban J connectivity index is 2.39. The molecule has 1 aromatic carbocycles. The summed E-state index contributed by atoms with van der Waals surface area (Å²) < 4.78 is 27.8. The first-order valence-corrected chi connectivity index (χ1v) is 10.2. The number of thioether (sulfide) groups is 1. The van der Waals surface area contributed by atoms with Gasteiger partial charge in [-0.2, -0.15) is 16.1 Å². The van der Waals surface area contributed by atoms with Crippen molar-refractivity contribution in [2.75, 3.05) is 12.3 Å². The molecule has 2 unspecified atom stereocenters. The lowest BCUT2D eigenvalue weighted by atomic mass is 10.2. The fraction of sp³-hybridized carbons (Fsp3) is 0.538. The molecule has 2 rings (SSSR count). The van der Waals surface area contributed by atoms with Crippen LogP contribution in [0, 0.1) is 0 Å². The third-order valence-electron chi connectivity index (χ3n) is 3.56. The number of benzene rings is 1. The van der Waals surface area contributed by atoms with Gasteiger partial charge >= 0.3 is 0 Å². The van der Waals surface area contributed by atoms with Crippen LogP contribution in [0.15, 0.2) is 27.6 Å². The molecule has 20 heavy (non-hydrogen) atoms. The van der Waals surface area contributed by atoms with E-state index < -0.39 is 10.0 Å². The van der Waals surface area contributed by atoms with Gasteiger partial charge in [-0.25, -0.2) is 8.42 Å².